The summed E-state index contributed by atoms with van der Waals surface area (Å²) < 4.78 is 37.8. The number of rotatable bonds is 7. The van der Waals surface area contributed by atoms with Gasteiger partial charge in [-0.05, 0) is 49.1 Å². The lowest BCUT2D eigenvalue weighted by molar-refractivity contribution is -0.137. The second-order valence-electron chi connectivity index (χ2n) is 7.30. The maximum absolute atomic E-state index is 12.6. The van der Waals surface area contributed by atoms with Gasteiger partial charge in [0.05, 0.1) is 5.56 Å². The van der Waals surface area contributed by atoms with Crippen LogP contribution in [0.4, 0.5) is 13.2 Å². The maximum Gasteiger partial charge on any atom is 0.416 e. The Kier molecular flexibility index (Phi) is 7.42. The molecule has 2 amide bonds. The van der Waals surface area contributed by atoms with Crippen molar-refractivity contribution in [2.24, 2.45) is 5.92 Å². The quantitative estimate of drug-likeness (QED) is 0.727. The van der Waals surface area contributed by atoms with Crippen molar-refractivity contribution in [1.82, 2.24) is 10.6 Å². The van der Waals surface area contributed by atoms with Gasteiger partial charge in [0.1, 0.15) is 6.04 Å². The molecule has 29 heavy (non-hydrogen) atoms. The van der Waals surface area contributed by atoms with Crippen LogP contribution in [0.2, 0.25) is 0 Å². The summed E-state index contributed by atoms with van der Waals surface area (Å²) in [6.45, 7) is 5.83. The summed E-state index contributed by atoms with van der Waals surface area (Å²) in [4.78, 5) is 24.9. The minimum atomic E-state index is -4.37. The first-order valence-electron chi connectivity index (χ1n) is 9.39. The molecule has 0 aliphatic rings. The summed E-state index contributed by atoms with van der Waals surface area (Å²) in [7, 11) is 0. The Morgan fingerprint density at radius 1 is 0.966 bits per heavy atom. The van der Waals surface area contributed by atoms with Crippen molar-refractivity contribution in [3.63, 3.8) is 0 Å². The number of benzene rings is 2. The number of nitrogens with one attached hydrogen (secondary N) is 2. The first-order chi connectivity index (χ1) is 13.6. The molecule has 7 heteroatoms. The van der Waals surface area contributed by atoms with E-state index < -0.39 is 17.8 Å². The van der Waals surface area contributed by atoms with Crippen molar-refractivity contribution in [1.29, 1.82) is 0 Å². The van der Waals surface area contributed by atoms with Crippen molar-refractivity contribution < 1.29 is 22.8 Å². The van der Waals surface area contributed by atoms with Crippen molar-refractivity contribution in [3.05, 3.63) is 70.8 Å². The molecule has 2 aromatic carbocycles. The van der Waals surface area contributed by atoms with Gasteiger partial charge in [-0.3, -0.25) is 9.59 Å². The highest BCUT2D eigenvalue weighted by Gasteiger charge is 2.30. The van der Waals surface area contributed by atoms with E-state index in [1.807, 2.05) is 32.9 Å². The number of carbonyl (C=O) groups excluding carboxylic acids is 2. The summed E-state index contributed by atoms with van der Waals surface area (Å²) in [5.41, 5.74) is 1.48. The third-order valence-corrected chi connectivity index (χ3v) is 4.54. The number of hydrogen-bond donors (Lipinski definition) is 2. The van der Waals surface area contributed by atoms with E-state index in [4.69, 9.17) is 0 Å². The molecule has 0 fully saturated rings. The first kappa shape index (κ1) is 22.5. The van der Waals surface area contributed by atoms with Crippen molar-refractivity contribution >= 4 is 11.8 Å². The van der Waals surface area contributed by atoms with Gasteiger partial charge in [-0.15, -0.1) is 0 Å². The lowest BCUT2D eigenvalue weighted by Gasteiger charge is -2.22. The van der Waals surface area contributed by atoms with Gasteiger partial charge in [0.15, 0.2) is 0 Å². The highest BCUT2D eigenvalue weighted by Crippen LogP contribution is 2.29. The number of aryl methyl sites for hydroxylation is 1. The van der Waals surface area contributed by atoms with Crippen LogP contribution in [0.1, 0.15) is 40.9 Å². The lowest BCUT2D eigenvalue weighted by atomic mass is 10.0. The Bertz CT molecular complexity index is 829. The fraction of sp³-hybridized carbons (Fsp3) is 0.364. The first-order valence-corrected chi connectivity index (χ1v) is 9.39. The third-order valence-electron chi connectivity index (χ3n) is 4.54. The van der Waals surface area contributed by atoms with Crippen LogP contribution in [0.25, 0.3) is 0 Å². The van der Waals surface area contributed by atoms with Gasteiger partial charge >= 0.3 is 6.18 Å². The molecule has 0 bridgehead atoms. The average Bonchev–Trinajstić information content (AvgIpc) is 2.65. The number of amides is 2. The molecule has 0 spiro atoms. The Morgan fingerprint density at radius 3 is 2.07 bits per heavy atom. The summed E-state index contributed by atoms with van der Waals surface area (Å²) in [6.07, 6.45) is -3.98. The molecule has 1 atom stereocenters. The molecule has 2 rings (SSSR count). The molecule has 0 heterocycles. The van der Waals surface area contributed by atoms with E-state index in [1.54, 1.807) is 12.1 Å². The molecular weight excluding hydrogens is 381 g/mol. The van der Waals surface area contributed by atoms with Crippen molar-refractivity contribution in [2.45, 2.75) is 39.4 Å². The molecular formula is C22H25F3N2O2. The Hall–Kier alpha value is -2.83. The van der Waals surface area contributed by atoms with Gasteiger partial charge in [-0.1, -0.05) is 43.7 Å². The third kappa shape index (κ3) is 6.62. The minimum Gasteiger partial charge on any atom is -0.354 e. The summed E-state index contributed by atoms with van der Waals surface area (Å²) >= 11 is 0. The summed E-state index contributed by atoms with van der Waals surface area (Å²) in [5, 5.41) is 5.50. The molecule has 0 saturated heterocycles. The van der Waals surface area contributed by atoms with Crippen LogP contribution in [0.3, 0.4) is 0 Å². The predicted molar refractivity (Wildman–Crippen MR) is 105 cm³/mol. The zero-order valence-electron chi connectivity index (χ0n) is 16.6. The van der Waals surface area contributed by atoms with E-state index in [0.29, 0.717) is 17.5 Å². The Morgan fingerprint density at radius 2 is 1.55 bits per heavy atom. The maximum atomic E-state index is 12.6. The van der Waals surface area contributed by atoms with Gasteiger partial charge in [-0.2, -0.15) is 13.2 Å². The molecule has 2 N–H and O–H groups in total. The zero-order valence-corrected chi connectivity index (χ0v) is 16.6. The second kappa shape index (κ2) is 9.58. The number of hydrogen-bond acceptors (Lipinski definition) is 2. The van der Waals surface area contributed by atoms with Crippen LogP contribution in [-0.4, -0.2) is 24.4 Å². The predicted octanol–water partition coefficient (Wildman–Crippen LogP) is 4.13. The lowest BCUT2D eigenvalue weighted by Crippen LogP contribution is -2.50. The van der Waals surface area contributed by atoms with Crippen LogP contribution >= 0.6 is 0 Å². The Labute approximate surface area is 168 Å². The smallest absolute Gasteiger partial charge is 0.354 e. The van der Waals surface area contributed by atoms with Crippen molar-refractivity contribution in [3.8, 4) is 0 Å². The van der Waals surface area contributed by atoms with Crippen molar-refractivity contribution in [2.75, 3.05) is 6.54 Å². The SMILES string of the molecule is Cc1ccc(C(=O)N[C@H](C(=O)NCCc2ccc(C(F)(F)F)cc2)C(C)C)cc1. The molecule has 0 unspecified atom stereocenters. The topological polar surface area (TPSA) is 58.2 Å². The fourth-order valence-electron chi connectivity index (χ4n) is 2.76. The normalized spacial score (nSPS) is 12.5. The van der Waals surface area contributed by atoms with Gasteiger partial charge in [0.25, 0.3) is 5.91 Å². The van der Waals surface area contributed by atoms with E-state index in [0.717, 1.165) is 17.7 Å². The van der Waals surface area contributed by atoms with E-state index in [-0.39, 0.29) is 24.3 Å². The average molecular weight is 406 g/mol. The van der Waals surface area contributed by atoms with E-state index in [1.165, 1.54) is 12.1 Å². The van der Waals surface area contributed by atoms with Crippen LogP contribution in [0.15, 0.2) is 48.5 Å². The second-order valence-corrected chi connectivity index (χ2v) is 7.30. The van der Waals surface area contributed by atoms with Crippen LogP contribution < -0.4 is 10.6 Å². The molecule has 0 aliphatic carbocycles. The molecule has 0 radical (unpaired) electrons. The molecule has 4 nitrogen and oxygen atoms in total. The van der Waals surface area contributed by atoms with Gasteiger partial charge < -0.3 is 10.6 Å². The largest absolute Gasteiger partial charge is 0.416 e. The van der Waals surface area contributed by atoms with Crippen LogP contribution in [0, 0.1) is 12.8 Å². The summed E-state index contributed by atoms with van der Waals surface area (Å²) in [5.74, 6) is -0.788. The highest BCUT2D eigenvalue weighted by molar-refractivity contribution is 5.97. The Balaban J connectivity index is 1.90. The number of halogens is 3. The van der Waals surface area contributed by atoms with Crippen LogP contribution in [0.5, 0.6) is 0 Å². The number of carbonyl (C=O) groups is 2. The fourth-order valence-corrected chi connectivity index (χ4v) is 2.76. The van der Waals surface area contributed by atoms with Gasteiger partial charge in [0.2, 0.25) is 5.91 Å². The van der Waals surface area contributed by atoms with Gasteiger partial charge in [-0.25, -0.2) is 0 Å². The molecule has 0 aromatic heterocycles. The van der Waals surface area contributed by atoms with Crippen LogP contribution in [-0.2, 0) is 17.4 Å². The minimum absolute atomic E-state index is 0.129. The zero-order chi connectivity index (χ0) is 21.6. The monoisotopic (exact) mass is 406 g/mol. The standard InChI is InChI=1S/C22H25F3N2O2/c1-14(2)19(27-20(28)17-8-4-15(3)5-9-17)21(29)26-13-12-16-6-10-18(11-7-16)22(23,24)25/h4-11,14,19H,12-13H2,1-3H3,(H,26,29)(H,27,28)/t19-/m0/s1. The number of alkyl halides is 3. The summed E-state index contributed by atoms with van der Waals surface area (Å²) in [6, 6.07) is 11.2. The van der Waals surface area contributed by atoms with E-state index in [2.05, 4.69) is 10.6 Å². The molecule has 2 aromatic rings. The van der Waals surface area contributed by atoms with E-state index >= 15 is 0 Å². The molecule has 0 saturated carbocycles. The molecule has 156 valence electrons. The molecule has 0 aliphatic heterocycles. The van der Waals surface area contributed by atoms with Gasteiger partial charge in [0, 0.05) is 12.1 Å². The van der Waals surface area contributed by atoms with E-state index in [9.17, 15) is 22.8 Å². The highest BCUT2D eigenvalue weighted by atomic mass is 19.4.